The van der Waals surface area contributed by atoms with Crippen molar-refractivity contribution in [3.63, 3.8) is 0 Å². The molecule has 0 aliphatic carbocycles. The fraction of sp³-hybridized carbons (Fsp3) is 0.722. The molecule has 0 fully saturated rings. The molecular formula is C18H32O5. The molecular weight excluding hydrogens is 296 g/mol. The van der Waals surface area contributed by atoms with Gasteiger partial charge in [-0.05, 0) is 44.9 Å². The highest BCUT2D eigenvalue weighted by Gasteiger charge is 2.22. The molecule has 2 unspecified atom stereocenters. The van der Waals surface area contributed by atoms with Gasteiger partial charge < -0.3 is 20.4 Å². The molecule has 0 bridgehead atoms. The minimum atomic E-state index is -1.67. The van der Waals surface area contributed by atoms with Crippen LogP contribution in [0.4, 0.5) is 0 Å². The Morgan fingerprint density at radius 2 is 1.30 bits per heavy atom. The van der Waals surface area contributed by atoms with Gasteiger partial charge in [0.2, 0.25) is 0 Å². The van der Waals surface area contributed by atoms with Gasteiger partial charge in [-0.1, -0.05) is 43.6 Å². The highest BCUT2D eigenvalue weighted by molar-refractivity contribution is 5.72. The molecule has 0 saturated carbocycles. The quantitative estimate of drug-likeness (QED) is 0.274. The van der Waals surface area contributed by atoms with Crippen LogP contribution in [0.3, 0.4) is 0 Å². The molecule has 0 radical (unpaired) electrons. The predicted molar refractivity (Wildman–Crippen MR) is 91.2 cm³/mol. The number of carboxylic acids is 1. The van der Waals surface area contributed by atoms with E-state index in [1.54, 1.807) is 0 Å². The van der Waals surface area contributed by atoms with E-state index in [2.05, 4.69) is 18.2 Å². The molecule has 2 atom stereocenters. The van der Waals surface area contributed by atoms with Gasteiger partial charge in [0.05, 0.1) is 6.10 Å². The van der Waals surface area contributed by atoms with Gasteiger partial charge in [0.15, 0.2) is 6.10 Å². The third-order valence-electron chi connectivity index (χ3n) is 3.61. The van der Waals surface area contributed by atoms with E-state index in [-0.39, 0.29) is 6.61 Å². The molecule has 0 aromatic rings. The van der Waals surface area contributed by atoms with Crippen molar-refractivity contribution in [3.05, 3.63) is 24.3 Å². The van der Waals surface area contributed by atoms with Crippen LogP contribution in [-0.4, -0.2) is 45.2 Å². The maximum absolute atomic E-state index is 10.5. The van der Waals surface area contributed by atoms with E-state index in [1.165, 1.54) is 0 Å². The van der Waals surface area contributed by atoms with Crippen LogP contribution in [0.15, 0.2) is 24.3 Å². The number of aliphatic carboxylic acids is 1. The lowest BCUT2D eigenvalue weighted by Gasteiger charge is -2.13. The lowest BCUT2D eigenvalue weighted by Crippen LogP contribution is -2.33. The molecule has 0 aliphatic rings. The number of hydrogen-bond donors (Lipinski definition) is 4. The topological polar surface area (TPSA) is 98.0 Å². The van der Waals surface area contributed by atoms with Gasteiger partial charge in [-0.15, -0.1) is 0 Å². The molecule has 0 amide bonds. The Kier molecular flexibility index (Phi) is 14.9. The molecule has 134 valence electrons. The Morgan fingerprint density at radius 3 is 1.87 bits per heavy atom. The first-order valence-electron chi connectivity index (χ1n) is 8.59. The van der Waals surface area contributed by atoms with Crippen molar-refractivity contribution in [1.82, 2.24) is 0 Å². The number of aliphatic hydroxyl groups excluding tert-OH is 3. The molecule has 4 N–H and O–H groups in total. The van der Waals surface area contributed by atoms with Crippen LogP contribution < -0.4 is 0 Å². The van der Waals surface area contributed by atoms with E-state index in [9.17, 15) is 9.90 Å². The number of aliphatic hydroxyl groups is 3. The first-order chi connectivity index (χ1) is 11.1. The Balaban J connectivity index is 3.36. The van der Waals surface area contributed by atoms with Crippen molar-refractivity contribution in [2.45, 2.75) is 76.4 Å². The number of allylic oxidation sites excluding steroid dienone is 3. The molecule has 5 heteroatoms. The number of rotatable bonds is 15. The Labute approximate surface area is 139 Å². The molecule has 0 heterocycles. The van der Waals surface area contributed by atoms with Crippen LogP contribution in [0.5, 0.6) is 0 Å². The average Bonchev–Trinajstić information content (AvgIpc) is 2.54. The van der Waals surface area contributed by atoms with Gasteiger partial charge in [-0.25, -0.2) is 4.79 Å². The van der Waals surface area contributed by atoms with E-state index in [4.69, 9.17) is 15.3 Å². The molecule has 0 aliphatic heterocycles. The summed E-state index contributed by atoms with van der Waals surface area (Å²) < 4.78 is 0. The number of hydrogen-bond acceptors (Lipinski definition) is 4. The largest absolute Gasteiger partial charge is 0.479 e. The summed E-state index contributed by atoms with van der Waals surface area (Å²) in [5.74, 6) is -1.37. The van der Waals surface area contributed by atoms with E-state index >= 15 is 0 Å². The second kappa shape index (κ2) is 15.7. The van der Waals surface area contributed by atoms with Crippen LogP contribution in [0.25, 0.3) is 0 Å². The van der Waals surface area contributed by atoms with Crippen molar-refractivity contribution in [2.24, 2.45) is 0 Å². The summed E-state index contributed by atoms with van der Waals surface area (Å²) in [6.07, 6.45) is 14.8. The van der Waals surface area contributed by atoms with Gasteiger partial charge >= 0.3 is 5.97 Å². The predicted octanol–water partition coefficient (Wildman–Crippen LogP) is 2.80. The number of unbranched alkanes of at least 4 members (excludes halogenated alkanes) is 6. The standard InChI is InChI=1S/C18H32O5/c19-15-13-11-9-7-5-3-1-2-4-6-8-10-12-14-16(20)17(21)18(22)23/h1-2,9,11,16-17,19-21H,3-8,10,12-15H2,(H,22,23). The van der Waals surface area contributed by atoms with Crippen molar-refractivity contribution in [2.75, 3.05) is 6.61 Å². The van der Waals surface area contributed by atoms with Crippen LogP contribution >= 0.6 is 0 Å². The maximum atomic E-state index is 10.5. The first kappa shape index (κ1) is 21.8. The third-order valence-corrected chi connectivity index (χ3v) is 3.61. The summed E-state index contributed by atoms with van der Waals surface area (Å²) in [5.41, 5.74) is 0. The molecule has 23 heavy (non-hydrogen) atoms. The third kappa shape index (κ3) is 14.2. The number of carbonyl (C=O) groups is 1. The normalized spacial score (nSPS) is 14.6. The molecule has 0 spiro atoms. The highest BCUT2D eigenvalue weighted by Crippen LogP contribution is 2.10. The Bertz CT molecular complexity index is 338. The van der Waals surface area contributed by atoms with Crippen molar-refractivity contribution in [1.29, 1.82) is 0 Å². The summed E-state index contributed by atoms with van der Waals surface area (Å²) in [6, 6.07) is 0. The summed E-state index contributed by atoms with van der Waals surface area (Å²) in [4.78, 5) is 10.5. The smallest absolute Gasteiger partial charge is 0.335 e. The van der Waals surface area contributed by atoms with Gasteiger partial charge in [0, 0.05) is 6.61 Å². The zero-order valence-corrected chi connectivity index (χ0v) is 13.9. The Morgan fingerprint density at radius 1 is 0.783 bits per heavy atom. The van der Waals surface area contributed by atoms with Crippen LogP contribution in [-0.2, 0) is 4.79 Å². The van der Waals surface area contributed by atoms with Crippen LogP contribution in [0, 0.1) is 0 Å². The van der Waals surface area contributed by atoms with Gasteiger partial charge in [-0.2, -0.15) is 0 Å². The average molecular weight is 328 g/mol. The van der Waals surface area contributed by atoms with E-state index in [0.29, 0.717) is 6.42 Å². The number of carboxylic acid groups (broad SMARTS) is 1. The zero-order chi connectivity index (χ0) is 17.3. The lowest BCUT2D eigenvalue weighted by atomic mass is 10.0. The highest BCUT2D eigenvalue weighted by atomic mass is 16.4. The summed E-state index contributed by atoms with van der Waals surface area (Å²) >= 11 is 0. The molecule has 0 aromatic carbocycles. The van der Waals surface area contributed by atoms with Crippen LogP contribution in [0.2, 0.25) is 0 Å². The fourth-order valence-corrected chi connectivity index (χ4v) is 2.19. The lowest BCUT2D eigenvalue weighted by molar-refractivity contribution is -0.153. The molecule has 0 aromatic heterocycles. The van der Waals surface area contributed by atoms with Crippen molar-refractivity contribution < 1.29 is 25.2 Å². The Hall–Kier alpha value is -1.17. The summed E-state index contributed by atoms with van der Waals surface area (Å²) in [7, 11) is 0. The monoisotopic (exact) mass is 328 g/mol. The second-order valence-corrected chi connectivity index (χ2v) is 5.73. The minimum absolute atomic E-state index is 0.218. The first-order valence-corrected chi connectivity index (χ1v) is 8.59. The van der Waals surface area contributed by atoms with Gasteiger partial charge in [0.25, 0.3) is 0 Å². The van der Waals surface area contributed by atoms with Gasteiger partial charge in [-0.3, -0.25) is 0 Å². The molecule has 5 nitrogen and oxygen atoms in total. The summed E-state index contributed by atoms with van der Waals surface area (Å²) in [6.45, 7) is 0.218. The molecule has 0 rings (SSSR count). The van der Waals surface area contributed by atoms with E-state index in [0.717, 1.165) is 57.8 Å². The van der Waals surface area contributed by atoms with Crippen molar-refractivity contribution in [3.8, 4) is 0 Å². The van der Waals surface area contributed by atoms with Crippen LogP contribution in [0.1, 0.15) is 64.2 Å². The van der Waals surface area contributed by atoms with Crippen molar-refractivity contribution >= 4 is 5.97 Å². The zero-order valence-electron chi connectivity index (χ0n) is 13.9. The fourth-order valence-electron chi connectivity index (χ4n) is 2.19. The SMILES string of the molecule is O=C(O)C(O)C(O)CCCCCCC=CCCCC=CCCO. The van der Waals surface area contributed by atoms with E-state index in [1.807, 2.05) is 6.08 Å². The van der Waals surface area contributed by atoms with Gasteiger partial charge in [0.1, 0.15) is 0 Å². The second-order valence-electron chi connectivity index (χ2n) is 5.73. The maximum Gasteiger partial charge on any atom is 0.335 e. The molecule has 0 saturated heterocycles. The minimum Gasteiger partial charge on any atom is -0.479 e. The summed E-state index contributed by atoms with van der Waals surface area (Å²) in [5, 5.41) is 35.7. The van der Waals surface area contributed by atoms with E-state index < -0.39 is 18.2 Å².